The predicted octanol–water partition coefficient (Wildman–Crippen LogP) is 4.74. The molecule has 11 heteroatoms. The fourth-order valence-electron chi connectivity index (χ4n) is 4.53. The van der Waals surface area contributed by atoms with E-state index in [-0.39, 0.29) is 47.2 Å². The summed E-state index contributed by atoms with van der Waals surface area (Å²) in [5, 5.41) is 12.9. The second kappa shape index (κ2) is 10.4. The second-order valence-electron chi connectivity index (χ2n) is 8.80. The maximum Gasteiger partial charge on any atom is 0.419 e. The summed E-state index contributed by atoms with van der Waals surface area (Å²) in [4.78, 5) is 10.5. The molecule has 1 saturated heterocycles. The Hall–Kier alpha value is -2.87. The highest BCUT2D eigenvalue weighted by molar-refractivity contribution is 5.85. The highest BCUT2D eigenvalue weighted by atomic mass is 35.5. The van der Waals surface area contributed by atoms with Crippen molar-refractivity contribution in [1.29, 1.82) is 5.26 Å². The summed E-state index contributed by atoms with van der Waals surface area (Å²) in [5.74, 6) is -0.218. The molecule has 7 nitrogen and oxygen atoms in total. The number of imidazole rings is 1. The number of alkyl halides is 3. The number of hydrogen-bond acceptors (Lipinski definition) is 6. The Morgan fingerprint density at radius 2 is 1.91 bits per heavy atom. The molecule has 3 atom stereocenters. The normalized spacial score (nSPS) is 19.7. The van der Waals surface area contributed by atoms with Crippen LogP contribution in [-0.4, -0.2) is 50.8 Å². The molecule has 4 rings (SSSR count). The quantitative estimate of drug-likeness (QED) is 0.536. The molecule has 1 aromatic carbocycles. The van der Waals surface area contributed by atoms with Gasteiger partial charge in [0.1, 0.15) is 17.3 Å². The number of ether oxygens (including phenoxy) is 1. The van der Waals surface area contributed by atoms with Crippen LogP contribution in [-0.2, 0) is 13.2 Å². The molecule has 1 aliphatic rings. The van der Waals surface area contributed by atoms with Crippen LogP contribution in [0.25, 0.3) is 22.3 Å². The first-order chi connectivity index (χ1) is 16.1. The average Bonchev–Trinajstić information content (AvgIpc) is 3.16. The van der Waals surface area contributed by atoms with Crippen molar-refractivity contribution in [2.45, 2.75) is 51.7 Å². The molecule has 2 aromatic heterocycles. The van der Waals surface area contributed by atoms with Crippen LogP contribution in [0.4, 0.5) is 13.2 Å². The lowest BCUT2D eigenvalue weighted by atomic mass is 10.0. The van der Waals surface area contributed by atoms with Gasteiger partial charge in [-0.1, -0.05) is 6.92 Å². The number of pyridine rings is 1. The molecule has 0 aliphatic carbocycles. The number of halogens is 4. The Kier molecular flexibility index (Phi) is 7.94. The highest BCUT2D eigenvalue weighted by Gasteiger charge is 2.36. The molecule has 0 radical (unpaired) electrons. The van der Waals surface area contributed by atoms with Gasteiger partial charge in [-0.25, -0.2) is 9.97 Å². The fraction of sp³-hybridized carbons (Fsp3) is 0.458. The molecule has 0 amide bonds. The summed E-state index contributed by atoms with van der Waals surface area (Å²) in [6.45, 7) is 7.38. The molecule has 0 spiro atoms. The van der Waals surface area contributed by atoms with Crippen LogP contribution in [0.3, 0.4) is 0 Å². The van der Waals surface area contributed by atoms with Crippen molar-refractivity contribution in [3.63, 3.8) is 0 Å². The van der Waals surface area contributed by atoms with Crippen molar-refractivity contribution in [1.82, 2.24) is 24.8 Å². The number of nitrogens with zero attached hydrogens (tertiary/aromatic N) is 5. The Balaban J connectivity index is 0.00000342. The van der Waals surface area contributed by atoms with E-state index in [2.05, 4.69) is 20.2 Å². The third-order valence-electron chi connectivity index (χ3n) is 6.00. The summed E-state index contributed by atoms with van der Waals surface area (Å²) >= 11 is 0. The lowest BCUT2D eigenvalue weighted by molar-refractivity contribution is -0.140. The fourth-order valence-corrected chi connectivity index (χ4v) is 4.53. The van der Waals surface area contributed by atoms with Crippen LogP contribution in [0, 0.1) is 11.3 Å². The number of piperazine rings is 1. The zero-order valence-corrected chi connectivity index (χ0v) is 20.7. The second-order valence-corrected chi connectivity index (χ2v) is 8.80. The number of nitriles is 1. The third kappa shape index (κ3) is 5.53. The molecule has 1 aliphatic heterocycles. The molecule has 188 valence electrons. The number of benzene rings is 1. The van der Waals surface area contributed by atoms with Gasteiger partial charge in [-0.2, -0.15) is 18.4 Å². The number of aromatic nitrogens is 3. The number of nitrogens with one attached hydrogen (secondary N) is 1. The van der Waals surface area contributed by atoms with Gasteiger partial charge in [0.25, 0.3) is 0 Å². The van der Waals surface area contributed by atoms with Crippen molar-refractivity contribution in [3.8, 4) is 23.1 Å². The monoisotopic (exact) mass is 508 g/mol. The summed E-state index contributed by atoms with van der Waals surface area (Å²) in [7, 11) is 1.75. The van der Waals surface area contributed by atoms with Gasteiger partial charge in [0.2, 0.25) is 0 Å². The van der Waals surface area contributed by atoms with Crippen molar-refractivity contribution < 1.29 is 17.9 Å². The van der Waals surface area contributed by atoms with Crippen LogP contribution in [0.2, 0.25) is 0 Å². The lowest BCUT2D eigenvalue weighted by Crippen LogP contribution is -2.58. The Labute approximate surface area is 208 Å². The van der Waals surface area contributed by atoms with Crippen molar-refractivity contribution in [3.05, 3.63) is 41.9 Å². The molecular weight excluding hydrogens is 481 g/mol. The minimum absolute atomic E-state index is 0. The summed E-state index contributed by atoms with van der Waals surface area (Å²) in [6, 6.07) is 7.98. The van der Waals surface area contributed by atoms with Crippen LogP contribution in [0.5, 0.6) is 5.75 Å². The van der Waals surface area contributed by atoms with Gasteiger partial charge in [0, 0.05) is 37.8 Å². The summed E-state index contributed by atoms with van der Waals surface area (Å²) in [5.41, 5.74) is 0.733. The molecule has 3 aromatic rings. The van der Waals surface area contributed by atoms with Gasteiger partial charge in [0.15, 0.2) is 11.9 Å². The minimum Gasteiger partial charge on any atom is -0.474 e. The number of fused-ring (bicyclic) bond motifs is 1. The smallest absolute Gasteiger partial charge is 0.419 e. The van der Waals surface area contributed by atoms with E-state index in [9.17, 15) is 18.4 Å². The van der Waals surface area contributed by atoms with E-state index in [1.807, 2.05) is 26.8 Å². The topological polar surface area (TPSA) is 79.0 Å². The first-order valence-corrected chi connectivity index (χ1v) is 11.2. The first-order valence-electron chi connectivity index (χ1n) is 11.2. The Bertz CT molecular complexity index is 1230. The molecular formula is C24H28ClF3N6O. The Morgan fingerprint density at radius 3 is 2.51 bits per heavy atom. The van der Waals surface area contributed by atoms with Crippen molar-refractivity contribution in [2.75, 3.05) is 13.1 Å². The van der Waals surface area contributed by atoms with E-state index >= 15 is 0 Å². The molecule has 1 unspecified atom stereocenters. The standard InChI is InChI=1S/C24H27F3N6O.ClH/c1-5-22(33-11-14(2)30-15(3)12-33)34-21-7-6-16(8-17(21)24(25,26)27)18-9-20-23(19(10-28)31-18)29-13-32(20)4;/h6-9,13-15,22,30H,5,11-12H2,1-4H3;1H/t14-,15+,22?;. The van der Waals surface area contributed by atoms with Crippen molar-refractivity contribution >= 4 is 23.4 Å². The van der Waals surface area contributed by atoms with Crippen LogP contribution in [0.15, 0.2) is 30.6 Å². The molecule has 35 heavy (non-hydrogen) atoms. The predicted molar refractivity (Wildman–Crippen MR) is 129 cm³/mol. The maximum atomic E-state index is 14.1. The minimum atomic E-state index is -4.62. The van der Waals surface area contributed by atoms with Gasteiger partial charge < -0.3 is 14.6 Å². The zero-order valence-electron chi connectivity index (χ0n) is 19.9. The number of rotatable bonds is 5. The zero-order chi connectivity index (χ0) is 24.6. The number of aryl methyl sites for hydroxylation is 1. The first kappa shape index (κ1) is 26.7. The Morgan fingerprint density at radius 1 is 1.23 bits per heavy atom. The molecule has 0 saturated carbocycles. The molecule has 3 heterocycles. The number of hydrogen-bond donors (Lipinski definition) is 1. The van der Waals surface area contributed by atoms with Gasteiger partial charge >= 0.3 is 6.18 Å². The van der Waals surface area contributed by atoms with E-state index in [1.165, 1.54) is 12.4 Å². The van der Waals surface area contributed by atoms with Gasteiger partial charge in [0.05, 0.1) is 23.1 Å². The van der Waals surface area contributed by atoms with Crippen LogP contribution >= 0.6 is 12.4 Å². The van der Waals surface area contributed by atoms with E-state index in [1.54, 1.807) is 23.7 Å². The van der Waals surface area contributed by atoms with E-state index < -0.39 is 18.0 Å². The molecule has 0 bridgehead atoms. The SMILES string of the molecule is CCC(Oc1ccc(-c2cc3c(ncn3C)c(C#N)n2)cc1C(F)(F)F)N1C[C@@H](C)N[C@@H](C)C1.Cl. The third-order valence-corrected chi connectivity index (χ3v) is 6.00. The van der Waals surface area contributed by atoms with Gasteiger partial charge in [-0.05, 0) is 44.5 Å². The summed E-state index contributed by atoms with van der Waals surface area (Å²) < 4.78 is 49.9. The lowest BCUT2D eigenvalue weighted by Gasteiger charge is -2.40. The van der Waals surface area contributed by atoms with Crippen LogP contribution in [0.1, 0.15) is 38.4 Å². The van der Waals surface area contributed by atoms with Gasteiger partial charge in [-0.15, -0.1) is 12.4 Å². The average molecular weight is 509 g/mol. The van der Waals surface area contributed by atoms with Crippen LogP contribution < -0.4 is 10.1 Å². The van der Waals surface area contributed by atoms with E-state index in [0.29, 0.717) is 30.5 Å². The van der Waals surface area contributed by atoms with E-state index in [4.69, 9.17) is 4.74 Å². The largest absolute Gasteiger partial charge is 0.474 e. The molecule has 1 fully saturated rings. The highest BCUT2D eigenvalue weighted by Crippen LogP contribution is 2.39. The van der Waals surface area contributed by atoms with Crippen molar-refractivity contribution in [2.24, 2.45) is 7.05 Å². The van der Waals surface area contributed by atoms with E-state index in [0.717, 1.165) is 6.07 Å². The maximum absolute atomic E-state index is 14.1. The molecule has 1 N–H and O–H groups in total. The summed E-state index contributed by atoms with van der Waals surface area (Å²) in [6.07, 6.45) is -3.02. The van der Waals surface area contributed by atoms with Gasteiger partial charge in [-0.3, -0.25) is 4.90 Å².